The Morgan fingerprint density at radius 3 is 2.59 bits per heavy atom. The van der Waals surface area contributed by atoms with Crippen LogP contribution in [0.25, 0.3) is 21.7 Å². The summed E-state index contributed by atoms with van der Waals surface area (Å²) in [7, 11) is 0. The van der Waals surface area contributed by atoms with Gasteiger partial charge in [-0.25, -0.2) is 0 Å². The highest BCUT2D eigenvalue weighted by Gasteiger charge is 2.31. The second kappa shape index (κ2) is 9.58. The van der Waals surface area contributed by atoms with E-state index in [1.54, 1.807) is 22.0 Å². The summed E-state index contributed by atoms with van der Waals surface area (Å²) in [6, 6.07) is 13.5. The zero-order valence-corrected chi connectivity index (χ0v) is 20.2. The van der Waals surface area contributed by atoms with Gasteiger partial charge in [-0.05, 0) is 60.7 Å². The Labute approximate surface area is 203 Å². The number of amides is 2. The Bertz CT molecular complexity index is 1270. The first kappa shape index (κ1) is 22.6. The lowest BCUT2D eigenvalue weighted by molar-refractivity contribution is -0.122. The van der Waals surface area contributed by atoms with Crippen LogP contribution in [0.4, 0.5) is 0 Å². The molecule has 0 radical (unpaired) electrons. The summed E-state index contributed by atoms with van der Waals surface area (Å²) < 4.78 is 1.80. The Kier molecular flexibility index (Phi) is 6.37. The number of pyridine rings is 1. The second-order valence-electron chi connectivity index (χ2n) is 9.06. The molecule has 1 fully saturated rings. The van der Waals surface area contributed by atoms with Crippen LogP contribution in [-0.2, 0) is 17.8 Å². The van der Waals surface area contributed by atoms with Crippen molar-refractivity contribution in [1.82, 2.24) is 14.8 Å². The van der Waals surface area contributed by atoms with E-state index in [-0.39, 0.29) is 17.4 Å². The lowest BCUT2D eigenvalue weighted by Crippen LogP contribution is -2.41. The molecule has 0 bridgehead atoms. The van der Waals surface area contributed by atoms with Crippen molar-refractivity contribution in [2.24, 2.45) is 5.92 Å². The molecule has 1 saturated heterocycles. The molecule has 3 aromatic rings. The van der Waals surface area contributed by atoms with Gasteiger partial charge in [-0.15, -0.1) is 11.3 Å². The topological polar surface area (TPSA) is 71.4 Å². The van der Waals surface area contributed by atoms with E-state index in [2.05, 4.69) is 11.4 Å². The molecule has 0 spiro atoms. The molecule has 4 heterocycles. The van der Waals surface area contributed by atoms with Gasteiger partial charge in [0.2, 0.25) is 5.91 Å². The fraction of sp³-hybridized carbons (Fsp3) is 0.370. The van der Waals surface area contributed by atoms with Crippen molar-refractivity contribution >= 4 is 23.2 Å². The fourth-order valence-corrected chi connectivity index (χ4v) is 6.15. The molecule has 0 saturated carbocycles. The number of hydrogen-bond acceptors (Lipinski definition) is 4. The molecule has 5 rings (SSSR count). The first-order chi connectivity index (χ1) is 16.6. The van der Waals surface area contributed by atoms with E-state index >= 15 is 0 Å². The number of aromatic nitrogens is 1. The number of rotatable bonds is 5. The number of likely N-dealkylation sites (tertiary alicyclic amines) is 1. The van der Waals surface area contributed by atoms with Crippen LogP contribution in [0.3, 0.4) is 0 Å². The van der Waals surface area contributed by atoms with E-state index in [4.69, 9.17) is 0 Å². The highest BCUT2D eigenvalue weighted by atomic mass is 32.1. The molecule has 0 unspecified atom stereocenters. The zero-order valence-electron chi connectivity index (χ0n) is 19.4. The van der Waals surface area contributed by atoms with Crippen LogP contribution in [0, 0.1) is 5.92 Å². The molecule has 0 aliphatic carbocycles. The van der Waals surface area contributed by atoms with E-state index in [0.717, 1.165) is 35.4 Å². The maximum atomic E-state index is 13.9. The van der Waals surface area contributed by atoms with Gasteiger partial charge in [0.1, 0.15) is 0 Å². The maximum Gasteiger partial charge on any atom is 0.258 e. The number of nitrogens with zero attached hydrogens (tertiary/aromatic N) is 2. The Morgan fingerprint density at radius 1 is 1.09 bits per heavy atom. The van der Waals surface area contributed by atoms with Crippen molar-refractivity contribution in [3.8, 4) is 21.7 Å². The van der Waals surface area contributed by atoms with E-state index in [1.165, 1.54) is 5.56 Å². The van der Waals surface area contributed by atoms with Crippen molar-refractivity contribution in [3.63, 3.8) is 0 Å². The molecule has 34 heavy (non-hydrogen) atoms. The third-order valence-corrected chi connectivity index (χ3v) is 7.88. The van der Waals surface area contributed by atoms with Crippen molar-refractivity contribution in [3.05, 3.63) is 69.3 Å². The largest absolute Gasteiger partial charge is 0.356 e. The summed E-state index contributed by atoms with van der Waals surface area (Å²) >= 11 is 1.59. The van der Waals surface area contributed by atoms with Crippen molar-refractivity contribution in [1.29, 1.82) is 0 Å². The predicted molar refractivity (Wildman–Crippen MR) is 135 cm³/mol. The number of thiophene rings is 1. The third-order valence-electron chi connectivity index (χ3n) is 6.92. The minimum atomic E-state index is -0.0440. The van der Waals surface area contributed by atoms with Gasteiger partial charge in [0.05, 0.1) is 16.1 Å². The Balaban J connectivity index is 1.50. The number of aryl methyl sites for hydroxylation is 1. The predicted octanol–water partition coefficient (Wildman–Crippen LogP) is 4.18. The maximum absolute atomic E-state index is 13.9. The number of piperidine rings is 1. The summed E-state index contributed by atoms with van der Waals surface area (Å²) in [5, 5.41) is 4.91. The van der Waals surface area contributed by atoms with Crippen LogP contribution < -0.4 is 10.9 Å². The number of fused-ring (bicyclic) bond motifs is 3. The van der Waals surface area contributed by atoms with Crippen LogP contribution in [0.2, 0.25) is 0 Å². The number of carbonyl (C=O) groups excluding carboxylic acids is 2. The lowest BCUT2D eigenvalue weighted by Gasteiger charge is -2.33. The van der Waals surface area contributed by atoms with Gasteiger partial charge in [0, 0.05) is 38.2 Å². The molecule has 6 nitrogen and oxygen atoms in total. The number of benzene rings is 1. The standard InChI is InChI=1S/C27H29N3O3S/c1-2-28-23(31)16-18-8-12-29(13-9-18)26(32)22-17-21(19-6-4-3-5-7-19)27(33)30-14-10-20-11-15-34-25(20)24(22)30/h3-7,11,15,17-18H,2,8-10,12-14,16H2,1H3,(H,28,31). The summed E-state index contributed by atoms with van der Waals surface area (Å²) in [5.41, 5.74) is 3.91. The normalized spacial score (nSPS) is 15.5. The molecule has 0 atom stereocenters. The number of carbonyl (C=O) groups is 2. The van der Waals surface area contributed by atoms with Gasteiger partial charge in [-0.2, -0.15) is 0 Å². The summed E-state index contributed by atoms with van der Waals surface area (Å²) in [5.74, 6) is 0.354. The first-order valence-corrected chi connectivity index (χ1v) is 12.9. The van der Waals surface area contributed by atoms with Gasteiger partial charge in [-0.3, -0.25) is 14.4 Å². The zero-order chi connectivity index (χ0) is 23.7. The Morgan fingerprint density at radius 2 is 1.85 bits per heavy atom. The SMILES string of the molecule is CCNC(=O)CC1CCN(C(=O)c2cc(-c3ccccc3)c(=O)n3c2-c2sccc2CC3)CC1. The van der Waals surface area contributed by atoms with E-state index < -0.39 is 0 Å². The number of nitrogens with one attached hydrogen (secondary N) is 1. The second-order valence-corrected chi connectivity index (χ2v) is 9.98. The average Bonchev–Trinajstić information content (AvgIpc) is 3.34. The molecule has 2 aliphatic heterocycles. The molecule has 176 valence electrons. The highest BCUT2D eigenvalue weighted by Crippen LogP contribution is 2.37. The molecular weight excluding hydrogens is 446 g/mol. The summed E-state index contributed by atoms with van der Waals surface area (Å²) in [6.45, 7) is 4.39. The van der Waals surface area contributed by atoms with E-state index in [9.17, 15) is 14.4 Å². The molecule has 2 amide bonds. The monoisotopic (exact) mass is 475 g/mol. The highest BCUT2D eigenvalue weighted by molar-refractivity contribution is 7.13. The van der Waals surface area contributed by atoms with Crippen molar-refractivity contribution in [2.45, 2.75) is 39.2 Å². The third kappa shape index (κ3) is 4.20. The lowest BCUT2D eigenvalue weighted by atomic mass is 9.92. The van der Waals surface area contributed by atoms with Crippen LogP contribution in [-0.4, -0.2) is 40.9 Å². The van der Waals surface area contributed by atoms with Crippen LogP contribution in [0.1, 0.15) is 42.1 Å². The fourth-order valence-electron chi connectivity index (χ4n) is 5.13. The minimum Gasteiger partial charge on any atom is -0.356 e. The molecular formula is C27H29N3O3S. The molecule has 2 aliphatic rings. The smallest absolute Gasteiger partial charge is 0.258 e. The van der Waals surface area contributed by atoms with Crippen molar-refractivity contribution < 1.29 is 9.59 Å². The molecule has 1 aromatic carbocycles. The van der Waals surface area contributed by atoms with Crippen molar-refractivity contribution in [2.75, 3.05) is 19.6 Å². The van der Waals surface area contributed by atoms with Crippen LogP contribution >= 0.6 is 11.3 Å². The van der Waals surface area contributed by atoms with E-state index in [1.807, 2.05) is 47.5 Å². The van der Waals surface area contributed by atoms with Gasteiger partial charge in [-0.1, -0.05) is 30.3 Å². The first-order valence-electron chi connectivity index (χ1n) is 12.0. The van der Waals surface area contributed by atoms with Crippen LogP contribution in [0.5, 0.6) is 0 Å². The summed E-state index contributed by atoms with van der Waals surface area (Å²) in [4.78, 5) is 42.3. The average molecular weight is 476 g/mol. The van der Waals surface area contributed by atoms with Gasteiger partial charge >= 0.3 is 0 Å². The van der Waals surface area contributed by atoms with Gasteiger partial charge < -0.3 is 14.8 Å². The quantitative estimate of drug-likeness (QED) is 0.602. The van der Waals surface area contributed by atoms with Crippen LogP contribution in [0.15, 0.2) is 52.6 Å². The van der Waals surface area contributed by atoms with Gasteiger partial charge in [0.15, 0.2) is 0 Å². The Hall–Kier alpha value is -3.19. The minimum absolute atomic E-state index is 0.0290. The molecule has 7 heteroatoms. The molecule has 1 N–H and O–H groups in total. The number of hydrogen-bond donors (Lipinski definition) is 1. The molecule has 2 aromatic heterocycles. The van der Waals surface area contributed by atoms with E-state index in [0.29, 0.717) is 49.6 Å². The summed E-state index contributed by atoms with van der Waals surface area (Å²) in [6.07, 6.45) is 2.94. The van der Waals surface area contributed by atoms with Gasteiger partial charge in [0.25, 0.3) is 11.5 Å².